The van der Waals surface area contributed by atoms with Crippen LogP contribution in [-0.2, 0) is 0 Å². The van der Waals surface area contributed by atoms with Crippen molar-refractivity contribution < 1.29 is 4.42 Å². The molecule has 0 saturated carbocycles. The van der Waals surface area contributed by atoms with Gasteiger partial charge in [0.15, 0.2) is 0 Å². The van der Waals surface area contributed by atoms with E-state index in [9.17, 15) is 0 Å². The van der Waals surface area contributed by atoms with E-state index >= 15 is 0 Å². The molecule has 0 atom stereocenters. The first-order valence-corrected chi connectivity index (χ1v) is 18.1. The number of furan rings is 1. The van der Waals surface area contributed by atoms with Crippen LogP contribution in [0.5, 0.6) is 0 Å². The molecule has 1 aromatic heterocycles. The monoisotopic (exact) mass is 667 g/mol. The Labute approximate surface area is 303 Å². The van der Waals surface area contributed by atoms with Gasteiger partial charge in [0.25, 0.3) is 0 Å². The van der Waals surface area contributed by atoms with E-state index in [0.717, 1.165) is 33.3 Å². The zero-order valence-electron chi connectivity index (χ0n) is 29.8. The standard InChI is InChI=1S/C50H37NO/c1-30-13-18-39(19-14-30)51(40-20-15-31(2)16-21-40)50-43-11-7-5-9-41(43)49(42-10-6-8-12-44(42)50)34-17-22-47-45(27-34)46-28-37-25-35-23-32(3)33(4)24-36(35)26-38(37)29-48(46)52-47/h5-29H,1-4H3. The van der Waals surface area contributed by atoms with Crippen LogP contribution >= 0.6 is 0 Å². The molecule has 10 rings (SSSR count). The van der Waals surface area contributed by atoms with Crippen LogP contribution in [0.15, 0.2) is 156 Å². The number of hydrogen-bond acceptors (Lipinski definition) is 2. The van der Waals surface area contributed by atoms with Gasteiger partial charge in [-0.3, -0.25) is 0 Å². The molecule has 10 aromatic rings. The van der Waals surface area contributed by atoms with Gasteiger partial charge in [-0.15, -0.1) is 0 Å². The minimum atomic E-state index is 0.903. The molecule has 0 aliphatic carbocycles. The summed E-state index contributed by atoms with van der Waals surface area (Å²) in [7, 11) is 0. The third-order valence-corrected chi connectivity index (χ3v) is 11.0. The van der Waals surface area contributed by atoms with E-state index in [1.807, 2.05) is 0 Å². The maximum atomic E-state index is 6.54. The van der Waals surface area contributed by atoms with Crippen molar-refractivity contribution in [1.82, 2.24) is 0 Å². The van der Waals surface area contributed by atoms with Crippen molar-refractivity contribution in [3.8, 4) is 11.1 Å². The van der Waals surface area contributed by atoms with Gasteiger partial charge in [0.2, 0.25) is 0 Å². The zero-order chi connectivity index (χ0) is 35.1. The number of hydrogen-bond donors (Lipinski definition) is 0. The summed E-state index contributed by atoms with van der Waals surface area (Å²) in [5, 5.41) is 12.1. The van der Waals surface area contributed by atoms with E-state index < -0.39 is 0 Å². The van der Waals surface area contributed by atoms with Crippen LogP contribution in [0.2, 0.25) is 0 Å². The first-order valence-electron chi connectivity index (χ1n) is 18.1. The molecular formula is C50H37NO. The summed E-state index contributed by atoms with van der Waals surface area (Å²) in [6, 6.07) is 56.0. The molecule has 9 aromatic carbocycles. The Morgan fingerprint density at radius 2 is 0.865 bits per heavy atom. The summed E-state index contributed by atoms with van der Waals surface area (Å²) in [5.74, 6) is 0. The molecule has 1 heterocycles. The Kier molecular flexibility index (Phi) is 6.78. The predicted molar refractivity (Wildman–Crippen MR) is 223 cm³/mol. The summed E-state index contributed by atoms with van der Waals surface area (Å²) >= 11 is 0. The average Bonchev–Trinajstić information content (AvgIpc) is 3.51. The number of rotatable bonds is 4. The van der Waals surface area contributed by atoms with Crippen LogP contribution in [-0.4, -0.2) is 0 Å². The Morgan fingerprint density at radius 1 is 0.385 bits per heavy atom. The molecule has 0 radical (unpaired) electrons. The number of benzene rings is 9. The van der Waals surface area contributed by atoms with Crippen LogP contribution in [0.1, 0.15) is 22.3 Å². The summed E-state index contributed by atoms with van der Waals surface area (Å²) < 4.78 is 6.54. The topological polar surface area (TPSA) is 16.4 Å². The third kappa shape index (κ3) is 4.79. The molecule has 0 aliphatic rings. The smallest absolute Gasteiger partial charge is 0.136 e. The van der Waals surface area contributed by atoms with E-state index in [2.05, 4.69) is 184 Å². The molecule has 2 nitrogen and oxygen atoms in total. The number of fused-ring (bicyclic) bond motifs is 7. The molecule has 0 N–H and O–H groups in total. The molecule has 0 saturated heterocycles. The Bertz CT molecular complexity index is 2940. The van der Waals surface area contributed by atoms with Crippen molar-refractivity contribution in [1.29, 1.82) is 0 Å². The lowest BCUT2D eigenvalue weighted by molar-refractivity contribution is 0.669. The van der Waals surface area contributed by atoms with Gasteiger partial charge in [-0.2, -0.15) is 0 Å². The van der Waals surface area contributed by atoms with Crippen LogP contribution in [0, 0.1) is 27.7 Å². The summed E-state index contributed by atoms with van der Waals surface area (Å²) in [6.07, 6.45) is 0. The van der Waals surface area contributed by atoms with E-state index in [0.29, 0.717) is 0 Å². The lowest BCUT2D eigenvalue weighted by atomic mass is 9.89. The van der Waals surface area contributed by atoms with E-state index in [4.69, 9.17) is 4.42 Å². The highest BCUT2D eigenvalue weighted by Gasteiger charge is 2.22. The second kappa shape index (κ2) is 11.6. The second-order valence-electron chi connectivity index (χ2n) is 14.5. The van der Waals surface area contributed by atoms with Gasteiger partial charge in [-0.25, -0.2) is 0 Å². The highest BCUT2D eigenvalue weighted by atomic mass is 16.3. The Morgan fingerprint density at radius 3 is 1.42 bits per heavy atom. The van der Waals surface area contributed by atoms with Crippen molar-refractivity contribution in [3.63, 3.8) is 0 Å². The number of anilines is 3. The molecule has 0 amide bonds. The Balaban J connectivity index is 1.23. The third-order valence-electron chi connectivity index (χ3n) is 11.0. The minimum absolute atomic E-state index is 0.903. The molecule has 0 spiro atoms. The van der Waals surface area contributed by atoms with Gasteiger partial charge >= 0.3 is 0 Å². The lowest BCUT2D eigenvalue weighted by Gasteiger charge is -2.29. The van der Waals surface area contributed by atoms with Gasteiger partial charge < -0.3 is 9.32 Å². The average molecular weight is 668 g/mol. The zero-order valence-corrected chi connectivity index (χ0v) is 29.8. The van der Waals surface area contributed by atoms with Crippen LogP contribution in [0.3, 0.4) is 0 Å². The van der Waals surface area contributed by atoms with Gasteiger partial charge in [-0.1, -0.05) is 102 Å². The maximum absolute atomic E-state index is 6.54. The first kappa shape index (κ1) is 30.4. The quantitative estimate of drug-likeness (QED) is 0.174. The molecule has 0 aliphatic heterocycles. The highest BCUT2D eigenvalue weighted by Crippen LogP contribution is 2.48. The van der Waals surface area contributed by atoms with Crippen molar-refractivity contribution in [2.45, 2.75) is 27.7 Å². The molecule has 0 bridgehead atoms. The molecular weight excluding hydrogens is 631 g/mol. The van der Waals surface area contributed by atoms with Crippen molar-refractivity contribution in [2.75, 3.05) is 4.90 Å². The molecule has 2 heteroatoms. The van der Waals surface area contributed by atoms with Crippen LogP contribution in [0.4, 0.5) is 17.1 Å². The van der Waals surface area contributed by atoms with Gasteiger partial charge in [0.1, 0.15) is 11.2 Å². The highest BCUT2D eigenvalue weighted by molar-refractivity contribution is 6.23. The van der Waals surface area contributed by atoms with Crippen molar-refractivity contribution >= 4 is 82.1 Å². The van der Waals surface area contributed by atoms with Crippen molar-refractivity contribution in [3.05, 3.63) is 174 Å². The van der Waals surface area contributed by atoms with E-state index in [-0.39, 0.29) is 0 Å². The number of nitrogens with zero attached hydrogens (tertiary/aromatic N) is 1. The Hall–Kier alpha value is -6.38. The predicted octanol–water partition coefficient (Wildman–Crippen LogP) is 14.6. The minimum Gasteiger partial charge on any atom is -0.456 e. The normalized spacial score (nSPS) is 11.8. The largest absolute Gasteiger partial charge is 0.456 e. The van der Waals surface area contributed by atoms with Crippen LogP contribution in [0.25, 0.3) is 76.2 Å². The van der Waals surface area contributed by atoms with Crippen molar-refractivity contribution in [2.24, 2.45) is 0 Å². The van der Waals surface area contributed by atoms with Gasteiger partial charge in [-0.05, 0) is 143 Å². The molecule has 0 fully saturated rings. The lowest BCUT2D eigenvalue weighted by Crippen LogP contribution is -2.11. The van der Waals surface area contributed by atoms with E-state index in [1.54, 1.807) is 0 Å². The van der Waals surface area contributed by atoms with E-state index in [1.165, 1.54) is 82.2 Å². The SMILES string of the molecule is Cc1ccc(N(c2ccc(C)cc2)c2c3ccccc3c(-c3ccc4oc5cc6cc7cc(C)c(C)cc7cc6cc5c4c3)c3ccccc23)cc1. The fraction of sp³-hybridized carbons (Fsp3) is 0.0800. The molecule has 0 unspecified atom stereocenters. The number of aryl methyl sites for hydroxylation is 4. The fourth-order valence-corrected chi connectivity index (χ4v) is 8.16. The second-order valence-corrected chi connectivity index (χ2v) is 14.5. The fourth-order valence-electron chi connectivity index (χ4n) is 8.16. The summed E-state index contributed by atoms with van der Waals surface area (Å²) in [4.78, 5) is 2.43. The summed E-state index contributed by atoms with van der Waals surface area (Å²) in [5.41, 5.74) is 12.8. The first-order chi connectivity index (χ1) is 25.4. The molecule has 52 heavy (non-hydrogen) atoms. The molecule has 248 valence electrons. The maximum Gasteiger partial charge on any atom is 0.136 e. The van der Waals surface area contributed by atoms with Crippen LogP contribution < -0.4 is 4.90 Å². The summed E-state index contributed by atoms with van der Waals surface area (Å²) in [6.45, 7) is 8.66. The van der Waals surface area contributed by atoms with Gasteiger partial charge in [0.05, 0.1) is 5.69 Å². The van der Waals surface area contributed by atoms with Gasteiger partial charge in [0, 0.05) is 32.9 Å².